The smallest absolute Gasteiger partial charge is 0.241 e. The van der Waals surface area contributed by atoms with Gasteiger partial charge in [0, 0.05) is 28.7 Å². The summed E-state index contributed by atoms with van der Waals surface area (Å²) in [5, 5.41) is 11.5. The first-order valence-corrected chi connectivity index (χ1v) is 19.5. The Morgan fingerprint density at radius 1 is 0.793 bits per heavy atom. The minimum atomic E-state index is -1.45. The Morgan fingerprint density at radius 2 is 1.47 bits per heavy atom. The molecule has 4 aliphatic rings. The average molecular weight is 795 g/mol. The van der Waals surface area contributed by atoms with E-state index in [1.54, 1.807) is 67.6 Å². The number of hydrogen-bond acceptors (Lipinski definition) is 7. The van der Waals surface area contributed by atoms with Crippen LogP contribution >= 0.6 is 11.6 Å². The molecule has 58 heavy (non-hydrogen) atoms. The summed E-state index contributed by atoms with van der Waals surface area (Å²) >= 11 is 6.14. The van der Waals surface area contributed by atoms with Gasteiger partial charge in [0.1, 0.15) is 23.9 Å². The molecule has 5 aromatic rings. The molecule has 3 fully saturated rings. The highest BCUT2D eigenvalue weighted by Crippen LogP contribution is 2.64. The maximum Gasteiger partial charge on any atom is 0.241 e. The predicted molar refractivity (Wildman–Crippen MR) is 214 cm³/mol. The number of carbonyl (C=O) groups is 5. The Kier molecular flexibility index (Phi) is 9.12. The first kappa shape index (κ1) is 37.2. The molecule has 0 bridgehead atoms. The fraction of sp³-hybridized carbons (Fsp3) is 0.213. The first-order chi connectivity index (χ1) is 28.0. The number of rotatable bonds is 8. The molecule has 1 saturated carbocycles. The summed E-state index contributed by atoms with van der Waals surface area (Å²) in [6, 6.07) is 33.2. The van der Waals surface area contributed by atoms with E-state index in [1.165, 1.54) is 18.2 Å². The molecule has 1 N–H and O–H groups in total. The third-order valence-corrected chi connectivity index (χ3v) is 12.7. The SMILES string of the molecule is C[C@@]12C(=O)N(c3ccc(F)c(Cl)c3)C(=O)[C@@H]1C[C@@H]1C(=CC[C@@H]3C(=O)N(c4ccc(C(=O)c5ccccc5)cc4)C(=O)[C@@H]31)[C@@H]2c1ccc(OCc2ccccc2)cc1O. The van der Waals surface area contributed by atoms with Gasteiger partial charge in [0.2, 0.25) is 23.6 Å². The van der Waals surface area contributed by atoms with Gasteiger partial charge in [-0.15, -0.1) is 0 Å². The van der Waals surface area contributed by atoms with Gasteiger partial charge in [0.25, 0.3) is 0 Å². The largest absolute Gasteiger partial charge is 0.508 e. The summed E-state index contributed by atoms with van der Waals surface area (Å²) in [5.41, 5.74) is 1.85. The molecule has 4 amide bonds. The average Bonchev–Trinajstić information content (AvgIpc) is 3.61. The van der Waals surface area contributed by atoms with Crippen LogP contribution in [0, 0.1) is 34.9 Å². The molecule has 0 radical (unpaired) electrons. The van der Waals surface area contributed by atoms with Gasteiger partial charge < -0.3 is 9.84 Å². The van der Waals surface area contributed by atoms with Crippen molar-refractivity contribution < 1.29 is 38.2 Å². The summed E-state index contributed by atoms with van der Waals surface area (Å²) in [6.07, 6.45) is 2.16. The number of carbonyl (C=O) groups excluding carboxylic acids is 5. The predicted octanol–water partition coefficient (Wildman–Crippen LogP) is 8.43. The maximum absolute atomic E-state index is 14.8. The number of amides is 4. The zero-order valence-electron chi connectivity index (χ0n) is 31.2. The molecule has 5 aromatic carbocycles. The monoisotopic (exact) mass is 794 g/mol. The molecule has 9 rings (SSSR count). The Bertz CT molecular complexity index is 2560. The van der Waals surface area contributed by atoms with E-state index in [0.29, 0.717) is 33.7 Å². The van der Waals surface area contributed by atoms with Crippen LogP contribution in [0.2, 0.25) is 5.02 Å². The fourth-order valence-electron chi connectivity index (χ4n) is 9.60. The molecule has 0 spiro atoms. The van der Waals surface area contributed by atoms with Gasteiger partial charge in [-0.1, -0.05) is 90.0 Å². The molecular weight excluding hydrogens is 759 g/mol. The lowest BCUT2D eigenvalue weighted by molar-refractivity contribution is -0.131. The Morgan fingerprint density at radius 3 is 2.16 bits per heavy atom. The minimum Gasteiger partial charge on any atom is -0.508 e. The van der Waals surface area contributed by atoms with Crippen molar-refractivity contribution in [2.45, 2.75) is 32.3 Å². The summed E-state index contributed by atoms with van der Waals surface area (Å²) in [4.78, 5) is 73.4. The van der Waals surface area contributed by atoms with Crippen molar-refractivity contribution >= 4 is 52.4 Å². The van der Waals surface area contributed by atoms with E-state index in [9.17, 15) is 33.5 Å². The van der Waals surface area contributed by atoms with Crippen LogP contribution in [0.5, 0.6) is 11.5 Å². The summed E-state index contributed by atoms with van der Waals surface area (Å²) < 4.78 is 20.3. The van der Waals surface area contributed by atoms with Crippen molar-refractivity contribution in [2.75, 3.05) is 9.80 Å². The quantitative estimate of drug-likeness (QED) is 0.0951. The van der Waals surface area contributed by atoms with E-state index in [1.807, 2.05) is 42.5 Å². The van der Waals surface area contributed by atoms with Crippen molar-refractivity contribution in [3.8, 4) is 11.5 Å². The van der Waals surface area contributed by atoms with Crippen molar-refractivity contribution in [3.05, 3.63) is 166 Å². The van der Waals surface area contributed by atoms with E-state index in [4.69, 9.17) is 16.3 Å². The lowest BCUT2D eigenvalue weighted by Crippen LogP contribution is -2.48. The van der Waals surface area contributed by atoms with Gasteiger partial charge in [-0.05, 0) is 79.8 Å². The van der Waals surface area contributed by atoms with Crippen LogP contribution in [0.25, 0.3) is 0 Å². The molecule has 2 heterocycles. The van der Waals surface area contributed by atoms with Gasteiger partial charge >= 0.3 is 0 Å². The highest BCUT2D eigenvalue weighted by atomic mass is 35.5. The van der Waals surface area contributed by atoms with E-state index in [-0.39, 0.29) is 41.7 Å². The van der Waals surface area contributed by atoms with Crippen LogP contribution < -0.4 is 14.5 Å². The van der Waals surface area contributed by atoms with Gasteiger partial charge in [-0.25, -0.2) is 9.29 Å². The van der Waals surface area contributed by atoms with Crippen LogP contribution in [0.1, 0.15) is 52.7 Å². The number of allylic oxidation sites excluding steroid dienone is 2. The van der Waals surface area contributed by atoms with Gasteiger partial charge in [0.05, 0.1) is 39.6 Å². The number of ether oxygens (including phenoxy) is 1. The number of benzene rings is 5. The third-order valence-electron chi connectivity index (χ3n) is 12.4. The van der Waals surface area contributed by atoms with Crippen molar-refractivity contribution in [2.24, 2.45) is 29.1 Å². The number of aromatic hydroxyl groups is 1. The number of hydrogen-bond donors (Lipinski definition) is 1. The zero-order valence-corrected chi connectivity index (χ0v) is 31.9. The molecule has 6 atom stereocenters. The lowest BCUT2D eigenvalue weighted by Gasteiger charge is -2.49. The van der Waals surface area contributed by atoms with Crippen molar-refractivity contribution in [1.82, 2.24) is 0 Å². The Balaban J connectivity index is 1.09. The first-order valence-electron chi connectivity index (χ1n) is 19.1. The zero-order chi connectivity index (χ0) is 40.5. The maximum atomic E-state index is 14.8. The number of imide groups is 2. The topological polar surface area (TPSA) is 121 Å². The fourth-order valence-corrected chi connectivity index (χ4v) is 9.78. The van der Waals surface area contributed by atoms with Crippen LogP contribution in [0.4, 0.5) is 15.8 Å². The second-order valence-electron chi connectivity index (χ2n) is 15.5. The summed E-state index contributed by atoms with van der Waals surface area (Å²) in [7, 11) is 0. The third kappa shape index (κ3) is 5.85. The second-order valence-corrected chi connectivity index (χ2v) is 15.9. The lowest BCUT2D eigenvalue weighted by atomic mass is 9.51. The molecule has 2 saturated heterocycles. The van der Waals surface area contributed by atoms with E-state index < -0.39 is 64.5 Å². The van der Waals surface area contributed by atoms with Crippen LogP contribution in [0.15, 0.2) is 133 Å². The standard InChI is InChI=1S/C47H36ClFN2O7/c1-47-36(44(55)51(46(47)57)30-16-21-38(49)37(48)22-30)24-35-32(41(47)33-18-17-31(23-39(33)52)58-25-26-8-4-2-5-9-26)19-20-34-40(35)45(56)50(43(34)54)29-14-12-28(13-15-29)42(53)27-10-6-3-7-11-27/h2-19,21-23,34-36,40-41,52H,20,24-25H2,1H3/t34-,35+,36-,40-,41+,47+/m0/s1. The number of anilines is 2. The van der Waals surface area contributed by atoms with Crippen molar-refractivity contribution in [1.29, 1.82) is 0 Å². The van der Waals surface area contributed by atoms with E-state index in [2.05, 4.69) is 0 Å². The van der Waals surface area contributed by atoms with Crippen LogP contribution in [0.3, 0.4) is 0 Å². The molecule has 11 heteroatoms. The number of halogens is 2. The molecule has 9 nitrogen and oxygen atoms in total. The summed E-state index contributed by atoms with van der Waals surface area (Å²) in [5.74, 6) is -6.74. The number of fused-ring (bicyclic) bond motifs is 4. The van der Waals surface area contributed by atoms with E-state index >= 15 is 0 Å². The molecule has 2 aliphatic carbocycles. The molecule has 0 aromatic heterocycles. The Hall–Kier alpha value is -6.39. The number of nitrogens with zero attached hydrogens (tertiary/aromatic N) is 2. The molecular formula is C47H36ClFN2O7. The van der Waals surface area contributed by atoms with Gasteiger partial charge in [0.15, 0.2) is 5.78 Å². The van der Waals surface area contributed by atoms with E-state index in [0.717, 1.165) is 21.4 Å². The second kappa shape index (κ2) is 14.2. The highest BCUT2D eigenvalue weighted by molar-refractivity contribution is 6.32. The van der Waals surface area contributed by atoms with Crippen LogP contribution in [-0.4, -0.2) is 34.5 Å². The van der Waals surface area contributed by atoms with Gasteiger partial charge in [-0.3, -0.25) is 28.9 Å². The normalized spacial score (nSPS) is 24.9. The highest BCUT2D eigenvalue weighted by Gasteiger charge is 2.68. The minimum absolute atomic E-state index is 0.0758. The molecule has 0 unspecified atom stereocenters. The summed E-state index contributed by atoms with van der Waals surface area (Å²) in [6.45, 7) is 1.95. The number of phenolic OH excluding ortho intramolecular Hbond substituents is 1. The number of ketones is 1. The molecule has 290 valence electrons. The van der Waals surface area contributed by atoms with Gasteiger partial charge in [-0.2, -0.15) is 0 Å². The molecule has 2 aliphatic heterocycles. The number of phenols is 1. The Labute approximate surface area is 338 Å². The van der Waals surface area contributed by atoms with Crippen LogP contribution in [-0.2, 0) is 25.8 Å². The van der Waals surface area contributed by atoms with Crippen molar-refractivity contribution in [3.63, 3.8) is 0 Å².